The van der Waals surface area contributed by atoms with Crippen molar-refractivity contribution in [2.75, 3.05) is 39.5 Å². The SMILES string of the molecule is CCOc1cc(C(=O)N2CC(n3cc(CN4CCCC4=O)nn3)C2)cc(OCC)c1OCC. The molecule has 1 aromatic carbocycles. The predicted molar refractivity (Wildman–Crippen MR) is 120 cm³/mol. The third-order valence-electron chi connectivity index (χ3n) is 5.76. The van der Waals surface area contributed by atoms with Gasteiger partial charge in [0.2, 0.25) is 11.7 Å². The first-order valence-electron chi connectivity index (χ1n) is 11.6. The van der Waals surface area contributed by atoms with Crippen LogP contribution in [0, 0.1) is 0 Å². The van der Waals surface area contributed by atoms with E-state index >= 15 is 0 Å². The standard InChI is InChI=1S/C23H31N5O5/c1-4-31-19-10-16(11-20(32-5-2)22(19)33-6-3)23(30)27-14-18(15-27)28-13-17(24-25-28)12-26-9-7-8-21(26)29/h10-11,13,18H,4-9,12,14-15H2,1-3H3. The van der Waals surface area contributed by atoms with Gasteiger partial charge >= 0.3 is 0 Å². The average Bonchev–Trinajstić information content (AvgIpc) is 3.39. The maximum Gasteiger partial charge on any atom is 0.254 e. The van der Waals surface area contributed by atoms with Gasteiger partial charge in [-0.05, 0) is 39.3 Å². The van der Waals surface area contributed by atoms with Crippen molar-refractivity contribution < 1.29 is 23.8 Å². The number of ether oxygens (including phenoxy) is 3. The highest BCUT2D eigenvalue weighted by Gasteiger charge is 2.34. The van der Waals surface area contributed by atoms with Gasteiger partial charge in [-0.1, -0.05) is 5.21 Å². The highest BCUT2D eigenvalue weighted by atomic mass is 16.5. The molecule has 0 bridgehead atoms. The smallest absolute Gasteiger partial charge is 0.254 e. The number of carbonyl (C=O) groups excluding carboxylic acids is 2. The van der Waals surface area contributed by atoms with Crippen LogP contribution in [0.1, 0.15) is 55.7 Å². The number of aromatic nitrogens is 3. The summed E-state index contributed by atoms with van der Waals surface area (Å²) in [5.74, 6) is 1.59. The Labute approximate surface area is 193 Å². The first-order chi connectivity index (χ1) is 16.0. The number of likely N-dealkylation sites (tertiary alicyclic amines) is 2. The molecule has 3 heterocycles. The molecule has 1 aromatic heterocycles. The summed E-state index contributed by atoms with van der Waals surface area (Å²) >= 11 is 0. The fraction of sp³-hybridized carbons (Fsp3) is 0.565. The van der Waals surface area contributed by atoms with Gasteiger partial charge in [0.05, 0.1) is 38.6 Å². The van der Waals surface area contributed by atoms with E-state index in [4.69, 9.17) is 14.2 Å². The average molecular weight is 458 g/mol. The zero-order valence-corrected chi connectivity index (χ0v) is 19.5. The van der Waals surface area contributed by atoms with Crippen molar-refractivity contribution in [2.45, 2.75) is 46.2 Å². The lowest BCUT2D eigenvalue weighted by Crippen LogP contribution is -2.50. The largest absolute Gasteiger partial charge is 0.490 e. The van der Waals surface area contributed by atoms with Gasteiger partial charge in [0.15, 0.2) is 11.5 Å². The number of carbonyl (C=O) groups is 2. The minimum absolute atomic E-state index is 0.0601. The van der Waals surface area contributed by atoms with Gasteiger partial charge < -0.3 is 24.0 Å². The molecule has 0 N–H and O–H groups in total. The molecule has 2 saturated heterocycles. The Morgan fingerprint density at radius 3 is 2.30 bits per heavy atom. The molecular weight excluding hydrogens is 426 g/mol. The minimum Gasteiger partial charge on any atom is -0.490 e. The van der Waals surface area contributed by atoms with Crippen LogP contribution in [-0.2, 0) is 11.3 Å². The van der Waals surface area contributed by atoms with Gasteiger partial charge in [-0.2, -0.15) is 0 Å². The fourth-order valence-electron chi connectivity index (χ4n) is 4.11. The summed E-state index contributed by atoms with van der Waals surface area (Å²) in [4.78, 5) is 28.5. The summed E-state index contributed by atoms with van der Waals surface area (Å²) in [7, 11) is 0. The first kappa shape index (κ1) is 22.9. The molecule has 0 spiro atoms. The first-order valence-corrected chi connectivity index (χ1v) is 11.6. The molecule has 4 rings (SSSR count). The Morgan fingerprint density at radius 1 is 1.06 bits per heavy atom. The normalized spacial score (nSPS) is 16.2. The van der Waals surface area contributed by atoms with Gasteiger partial charge in [0.1, 0.15) is 5.69 Å². The van der Waals surface area contributed by atoms with Gasteiger partial charge in [0.25, 0.3) is 5.91 Å². The quantitative estimate of drug-likeness (QED) is 0.540. The second-order valence-electron chi connectivity index (χ2n) is 8.07. The minimum atomic E-state index is -0.0980. The number of hydrogen-bond acceptors (Lipinski definition) is 7. The Kier molecular flexibility index (Phi) is 7.00. The second kappa shape index (κ2) is 10.1. The van der Waals surface area contributed by atoms with E-state index in [1.54, 1.807) is 21.7 Å². The van der Waals surface area contributed by atoms with Gasteiger partial charge in [-0.25, -0.2) is 4.68 Å². The van der Waals surface area contributed by atoms with Crippen molar-refractivity contribution in [3.8, 4) is 17.2 Å². The Hall–Kier alpha value is -3.30. The van der Waals surface area contributed by atoms with Crippen molar-refractivity contribution in [1.82, 2.24) is 24.8 Å². The third kappa shape index (κ3) is 4.89. The lowest BCUT2D eigenvalue weighted by atomic mass is 10.1. The number of hydrogen-bond donors (Lipinski definition) is 0. The van der Waals surface area contributed by atoms with Crippen molar-refractivity contribution in [3.63, 3.8) is 0 Å². The maximum absolute atomic E-state index is 13.1. The van der Waals surface area contributed by atoms with E-state index in [2.05, 4.69) is 10.3 Å². The van der Waals surface area contributed by atoms with Crippen LogP contribution in [0.5, 0.6) is 17.2 Å². The monoisotopic (exact) mass is 457 g/mol. The van der Waals surface area contributed by atoms with E-state index in [-0.39, 0.29) is 17.9 Å². The van der Waals surface area contributed by atoms with E-state index in [9.17, 15) is 9.59 Å². The summed E-state index contributed by atoms with van der Waals surface area (Å²) in [5.41, 5.74) is 1.26. The lowest BCUT2D eigenvalue weighted by molar-refractivity contribution is -0.128. The van der Waals surface area contributed by atoms with Crippen LogP contribution in [0.25, 0.3) is 0 Å². The van der Waals surface area contributed by atoms with E-state index in [0.717, 1.165) is 18.7 Å². The van der Waals surface area contributed by atoms with Gasteiger partial charge in [-0.15, -0.1) is 5.10 Å². The molecule has 0 atom stereocenters. The highest BCUT2D eigenvalue weighted by Crippen LogP contribution is 2.40. The molecule has 0 radical (unpaired) electrons. The summed E-state index contributed by atoms with van der Waals surface area (Å²) in [6, 6.07) is 3.49. The predicted octanol–water partition coefficient (Wildman–Crippen LogP) is 2.29. The van der Waals surface area contributed by atoms with Crippen molar-refractivity contribution >= 4 is 11.8 Å². The number of benzene rings is 1. The molecule has 0 aliphatic carbocycles. The summed E-state index contributed by atoms with van der Waals surface area (Å²) in [6.07, 6.45) is 3.37. The number of amides is 2. The van der Waals surface area contributed by atoms with Crippen molar-refractivity contribution in [1.29, 1.82) is 0 Å². The maximum atomic E-state index is 13.1. The van der Waals surface area contributed by atoms with Crippen molar-refractivity contribution in [3.05, 3.63) is 29.6 Å². The molecule has 33 heavy (non-hydrogen) atoms. The summed E-state index contributed by atoms with van der Waals surface area (Å²) in [6.45, 7) is 9.35. The lowest BCUT2D eigenvalue weighted by Gasteiger charge is -2.39. The van der Waals surface area contributed by atoms with E-state index in [1.807, 2.05) is 31.9 Å². The molecule has 10 nitrogen and oxygen atoms in total. The van der Waals surface area contributed by atoms with Crippen LogP contribution < -0.4 is 14.2 Å². The van der Waals surface area contributed by atoms with E-state index in [0.29, 0.717) is 68.7 Å². The van der Waals surface area contributed by atoms with Crippen LogP contribution in [-0.4, -0.2) is 76.1 Å². The molecule has 178 valence electrons. The van der Waals surface area contributed by atoms with Gasteiger partial charge in [-0.3, -0.25) is 9.59 Å². The third-order valence-corrected chi connectivity index (χ3v) is 5.76. The van der Waals surface area contributed by atoms with Crippen LogP contribution in [0.4, 0.5) is 0 Å². The molecular formula is C23H31N5O5. The van der Waals surface area contributed by atoms with Gasteiger partial charge in [0, 0.05) is 31.6 Å². The Morgan fingerprint density at radius 2 is 1.73 bits per heavy atom. The molecule has 2 fully saturated rings. The van der Waals surface area contributed by atoms with Crippen LogP contribution in [0.15, 0.2) is 18.3 Å². The summed E-state index contributed by atoms with van der Waals surface area (Å²) < 4.78 is 19.0. The molecule has 2 aliphatic rings. The fourth-order valence-corrected chi connectivity index (χ4v) is 4.11. The van der Waals surface area contributed by atoms with Crippen LogP contribution >= 0.6 is 0 Å². The molecule has 2 aromatic rings. The number of rotatable bonds is 10. The molecule has 2 aliphatic heterocycles. The highest BCUT2D eigenvalue weighted by molar-refractivity contribution is 5.96. The number of nitrogens with zero attached hydrogens (tertiary/aromatic N) is 5. The second-order valence-corrected chi connectivity index (χ2v) is 8.07. The summed E-state index contributed by atoms with van der Waals surface area (Å²) in [5, 5.41) is 8.42. The zero-order valence-electron chi connectivity index (χ0n) is 19.5. The Bertz CT molecular complexity index is 974. The molecule has 0 unspecified atom stereocenters. The van der Waals surface area contributed by atoms with Crippen molar-refractivity contribution in [2.24, 2.45) is 0 Å². The van der Waals surface area contributed by atoms with E-state index < -0.39 is 0 Å². The molecule has 0 saturated carbocycles. The molecule has 2 amide bonds. The zero-order chi connectivity index (χ0) is 23.4. The van der Waals surface area contributed by atoms with Crippen LogP contribution in [0.3, 0.4) is 0 Å². The molecule has 10 heteroatoms. The van der Waals surface area contributed by atoms with E-state index in [1.165, 1.54) is 0 Å². The Balaban J connectivity index is 1.42. The van der Waals surface area contributed by atoms with Crippen LogP contribution in [0.2, 0.25) is 0 Å². The topological polar surface area (TPSA) is 99.0 Å².